The highest BCUT2D eigenvalue weighted by Gasteiger charge is 2.26. The molecule has 0 saturated heterocycles. The van der Waals surface area contributed by atoms with Crippen molar-refractivity contribution in [1.82, 2.24) is 4.90 Å². The lowest BCUT2D eigenvalue weighted by atomic mass is 10.1. The number of aryl methyl sites for hydroxylation is 3. The molecular weight excluding hydrogens is 294 g/mol. The van der Waals surface area contributed by atoms with Crippen molar-refractivity contribution in [2.75, 3.05) is 11.9 Å². The topological polar surface area (TPSA) is 44.7 Å². The molecule has 0 aliphatic carbocycles. The van der Waals surface area contributed by atoms with Crippen LogP contribution in [0.25, 0.3) is 0 Å². The molecule has 1 aromatic carbocycles. The van der Waals surface area contributed by atoms with Crippen molar-refractivity contribution >= 4 is 28.9 Å². The Morgan fingerprint density at radius 2 is 2.00 bits per heavy atom. The van der Waals surface area contributed by atoms with Gasteiger partial charge in [0, 0.05) is 10.6 Å². The van der Waals surface area contributed by atoms with Crippen molar-refractivity contribution in [1.29, 1.82) is 0 Å². The molecule has 1 N–H and O–H groups in total. The Bertz CT molecular complexity index is 711. The van der Waals surface area contributed by atoms with Gasteiger partial charge in [-0.3, -0.25) is 9.69 Å². The number of hydrogen-bond acceptors (Lipinski definition) is 4. The number of aliphatic imine (C=N–C) groups is 1. The van der Waals surface area contributed by atoms with Crippen LogP contribution in [0.2, 0.25) is 0 Å². The molecule has 1 aliphatic heterocycles. The smallest absolute Gasteiger partial charge is 0.251 e. The average Bonchev–Trinajstić information content (AvgIpc) is 3.07. The van der Waals surface area contributed by atoms with Crippen LogP contribution in [0.4, 0.5) is 5.69 Å². The second kappa shape index (κ2) is 5.93. The van der Waals surface area contributed by atoms with Gasteiger partial charge in [-0.15, -0.1) is 11.3 Å². The molecule has 3 rings (SSSR count). The van der Waals surface area contributed by atoms with Crippen LogP contribution in [0, 0.1) is 20.8 Å². The summed E-state index contributed by atoms with van der Waals surface area (Å²) < 4.78 is 0. The first-order valence-electron chi connectivity index (χ1n) is 7.26. The third kappa shape index (κ3) is 2.90. The van der Waals surface area contributed by atoms with Crippen molar-refractivity contribution in [3.05, 3.63) is 51.2 Å². The van der Waals surface area contributed by atoms with E-state index in [1.807, 2.05) is 17.5 Å². The maximum absolute atomic E-state index is 12.1. The van der Waals surface area contributed by atoms with E-state index >= 15 is 0 Å². The molecule has 0 radical (unpaired) electrons. The Kier molecular flexibility index (Phi) is 3.98. The van der Waals surface area contributed by atoms with Gasteiger partial charge in [-0.2, -0.15) is 0 Å². The van der Waals surface area contributed by atoms with Gasteiger partial charge in [-0.05, 0) is 43.3 Å². The number of thiophene rings is 1. The highest BCUT2D eigenvalue weighted by molar-refractivity contribution is 7.09. The van der Waals surface area contributed by atoms with Crippen molar-refractivity contribution in [2.24, 2.45) is 4.99 Å². The van der Waals surface area contributed by atoms with Crippen molar-refractivity contribution in [3.8, 4) is 0 Å². The van der Waals surface area contributed by atoms with Gasteiger partial charge in [-0.25, -0.2) is 4.99 Å². The lowest BCUT2D eigenvalue weighted by Crippen LogP contribution is -2.36. The third-order valence-corrected chi connectivity index (χ3v) is 4.59. The second-order valence-electron chi connectivity index (χ2n) is 5.60. The fraction of sp³-hybridized carbons (Fsp3) is 0.294. The molecule has 0 spiro atoms. The van der Waals surface area contributed by atoms with E-state index in [0.29, 0.717) is 12.5 Å². The summed E-state index contributed by atoms with van der Waals surface area (Å²) in [6.45, 7) is 7.03. The summed E-state index contributed by atoms with van der Waals surface area (Å²) in [4.78, 5) is 19.3. The predicted octanol–water partition coefficient (Wildman–Crippen LogP) is 3.48. The number of nitrogens with one attached hydrogen (secondary N) is 1. The predicted molar refractivity (Wildman–Crippen MR) is 91.4 cm³/mol. The van der Waals surface area contributed by atoms with E-state index in [1.165, 1.54) is 5.56 Å². The van der Waals surface area contributed by atoms with Crippen LogP contribution < -0.4 is 5.32 Å². The molecule has 5 heteroatoms. The summed E-state index contributed by atoms with van der Waals surface area (Å²) in [7, 11) is 0. The lowest BCUT2D eigenvalue weighted by molar-refractivity contribution is -0.125. The Labute approximate surface area is 134 Å². The minimum atomic E-state index is 0.0401. The highest BCUT2D eigenvalue weighted by atomic mass is 32.1. The van der Waals surface area contributed by atoms with Gasteiger partial charge in [0.15, 0.2) is 0 Å². The number of carbonyl (C=O) groups is 1. The molecule has 1 aliphatic rings. The number of nitrogens with zero attached hydrogens (tertiary/aromatic N) is 2. The monoisotopic (exact) mass is 313 g/mol. The Hall–Kier alpha value is -2.14. The summed E-state index contributed by atoms with van der Waals surface area (Å²) in [5.74, 6) is 0.687. The van der Waals surface area contributed by atoms with Gasteiger partial charge in [0.25, 0.3) is 5.91 Å². The fourth-order valence-electron chi connectivity index (χ4n) is 2.75. The molecule has 114 valence electrons. The molecule has 0 bridgehead atoms. The van der Waals surface area contributed by atoms with Crippen molar-refractivity contribution in [2.45, 2.75) is 27.3 Å². The third-order valence-electron chi connectivity index (χ3n) is 3.73. The zero-order valence-corrected chi connectivity index (χ0v) is 13.8. The van der Waals surface area contributed by atoms with Crippen molar-refractivity contribution < 1.29 is 4.79 Å². The van der Waals surface area contributed by atoms with Gasteiger partial charge in [0.1, 0.15) is 6.54 Å². The zero-order chi connectivity index (χ0) is 15.7. The molecule has 0 fully saturated rings. The number of anilines is 1. The molecule has 0 saturated carbocycles. The minimum absolute atomic E-state index is 0.0401. The first-order valence-corrected chi connectivity index (χ1v) is 8.14. The maximum Gasteiger partial charge on any atom is 0.251 e. The minimum Gasteiger partial charge on any atom is -0.325 e. The fourth-order valence-corrected chi connectivity index (χ4v) is 3.44. The summed E-state index contributed by atoms with van der Waals surface area (Å²) in [5.41, 5.74) is 4.60. The lowest BCUT2D eigenvalue weighted by Gasteiger charge is -2.21. The van der Waals surface area contributed by atoms with Crippen LogP contribution in [-0.4, -0.2) is 23.3 Å². The normalized spacial score (nSPS) is 14.4. The SMILES string of the molecule is Cc1cc(C)c(NC2=NCC(=O)N2Cc2cccs2)c(C)c1. The number of hydrogen-bond donors (Lipinski definition) is 1. The number of guanidine groups is 1. The molecule has 1 aromatic heterocycles. The first-order chi connectivity index (χ1) is 10.5. The van der Waals surface area contributed by atoms with Gasteiger partial charge in [-0.1, -0.05) is 23.8 Å². The summed E-state index contributed by atoms with van der Waals surface area (Å²) in [5, 5.41) is 5.38. The van der Waals surface area contributed by atoms with Crippen LogP contribution in [-0.2, 0) is 11.3 Å². The molecule has 2 heterocycles. The molecule has 1 amide bonds. The molecule has 2 aromatic rings. The van der Waals surface area contributed by atoms with E-state index in [1.54, 1.807) is 16.2 Å². The van der Waals surface area contributed by atoms with Crippen LogP contribution in [0.5, 0.6) is 0 Å². The maximum atomic E-state index is 12.1. The van der Waals surface area contributed by atoms with Gasteiger partial charge in [0.05, 0.1) is 6.54 Å². The van der Waals surface area contributed by atoms with Crippen molar-refractivity contribution in [3.63, 3.8) is 0 Å². The highest BCUT2D eigenvalue weighted by Crippen LogP contribution is 2.24. The number of amides is 1. The molecule has 0 unspecified atom stereocenters. The standard InChI is InChI=1S/C17H19N3OS/c1-11-7-12(2)16(13(3)8-11)19-17-18-9-15(21)20(17)10-14-5-4-6-22-14/h4-8H,9-10H2,1-3H3,(H,18,19). The van der Waals surface area contributed by atoms with Crippen LogP contribution >= 0.6 is 11.3 Å². The Morgan fingerprint density at radius 1 is 1.27 bits per heavy atom. The Balaban J connectivity index is 1.83. The zero-order valence-electron chi connectivity index (χ0n) is 13.0. The van der Waals surface area contributed by atoms with Gasteiger partial charge >= 0.3 is 0 Å². The summed E-state index contributed by atoms with van der Waals surface area (Å²) in [6, 6.07) is 8.31. The summed E-state index contributed by atoms with van der Waals surface area (Å²) >= 11 is 1.65. The largest absolute Gasteiger partial charge is 0.325 e. The Morgan fingerprint density at radius 3 is 2.64 bits per heavy atom. The van der Waals surface area contributed by atoms with Crippen LogP contribution in [0.15, 0.2) is 34.6 Å². The number of benzene rings is 1. The van der Waals surface area contributed by atoms with E-state index in [0.717, 1.165) is 21.7 Å². The van der Waals surface area contributed by atoms with E-state index in [2.05, 4.69) is 43.2 Å². The second-order valence-corrected chi connectivity index (χ2v) is 6.63. The molecule has 22 heavy (non-hydrogen) atoms. The summed E-state index contributed by atoms with van der Waals surface area (Å²) in [6.07, 6.45) is 0. The quantitative estimate of drug-likeness (QED) is 0.943. The number of rotatable bonds is 3. The van der Waals surface area contributed by atoms with E-state index < -0.39 is 0 Å². The van der Waals surface area contributed by atoms with E-state index in [-0.39, 0.29) is 12.5 Å². The van der Waals surface area contributed by atoms with Gasteiger partial charge in [0.2, 0.25) is 5.96 Å². The van der Waals surface area contributed by atoms with Crippen LogP contribution in [0.1, 0.15) is 21.6 Å². The van der Waals surface area contributed by atoms with Gasteiger partial charge < -0.3 is 5.32 Å². The molecule has 4 nitrogen and oxygen atoms in total. The number of carbonyl (C=O) groups excluding carboxylic acids is 1. The molecule has 0 atom stereocenters. The first kappa shape index (κ1) is 14.8. The van der Waals surface area contributed by atoms with E-state index in [4.69, 9.17) is 0 Å². The van der Waals surface area contributed by atoms with Crippen LogP contribution in [0.3, 0.4) is 0 Å². The van der Waals surface area contributed by atoms with E-state index in [9.17, 15) is 4.79 Å². The molecular formula is C17H19N3OS. The average molecular weight is 313 g/mol.